The van der Waals surface area contributed by atoms with Gasteiger partial charge in [-0.15, -0.1) is 0 Å². The van der Waals surface area contributed by atoms with Crippen molar-refractivity contribution in [3.8, 4) is 17.4 Å². The van der Waals surface area contributed by atoms with Crippen molar-refractivity contribution in [3.63, 3.8) is 0 Å². The van der Waals surface area contributed by atoms with E-state index in [9.17, 15) is 9.90 Å². The van der Waals surface area contributed by atoms with E-state index in [0.717, 1.165) is 0 Å². The van der Waals surface area contributed by atoms with E-state index in [0.29, 0.717) is 5.02 Å². The quantitative estimate of drug-likeness (QED) is 0.893. The Kier molecular flexibility index (Phi) is 3.78. The molecule has 0 amide bonds. The summed E-state index contributed by atoms with van der Waals surface area (Å²) in [6, 6.07) is 1.48. The third kappa shape index (κ3) is 2.72. The van der Waals surface area contributed by atoms with Crippen molar-refractivity contribution in [1.82, 2.24) is 15.0 Å². The number of hydrogen-bond donors (Lipinski definition) is 2. The van der Waals surface area contributed by atoms with Crippen LogP contribution in [0.2, 0.25) is 10.0 Å². The third-order valence-electron chi connectivity index (χ3n) is 2.54. The molecule has 0 aliphatic heterocycles. The molecule has 2 heterocycles. The topological polar surface area (TPSA) is 78.9 Å². The van der Waals surface area contributed by atoms with Crippen molar-refractivity contribution in [2.75, 3.05) is 0 Å². The smallest absolute Gasteiger partial charge is 0.258 e. The Balaban J connectivity index is 2.62. The highest BCUT2D eigenvalue weighted by atomic mass is 35.5. The highest BCUT2D eigenvalue weighted by Crippen LogP contribution is 2.27. The number of nitrogens with zero attached hydrogens (tertiary/aromatic N) is 2. The number of halogens is 2. The fraction of sp³-hybridized carbons (Fsp3) is 0.250. The number of aromatic hydroxyl groups is 1. The first-order chi connectivity index (χ1) is 8.90. The molecule has 2 aromatic heterocycles. The van der Waals surface area contributed by atoms with Gasteiger partial charge in [-0.2, -0.15) is 4.98 Å². The lowest BCUT2D eigenvalue weighted by molar-refractivity contribution is 0.440. The summed E-state index contributed by atoms with van der Waals surface area (Å²) in [6.45, 7) is 3.58. The number of pyridine rings is 1. The largest absolute Gasteiger partial charge is 0.493 e. The van der Waals surface area contributed by atoms with Crippen LogP contribution in [0.5, 0.6) is 5.88 Å². The summed E-state index contributed by atoms with van der Waals surface area (Å²) in [5.41, 5.74) is 0.0768. The summed E-state index contributed by atoms with van der Waals surface area (Å²) < 4.78 is 0. The first-order valence-electron chi connectivity index (χ1n) is 5.54. The standard InChI is InChI=1S/C12H11Cl2N3O2/c1-5(2)8-11(18)16-10(17-12(8)19)9-7(14)3-6(13)4-15-9/h3-5H,1-2H3,(H2,16,17,18,19). The SMILES string of the molecule is CC(C)c1c(O)nc(-c2ncc(Cl)cc2Cl)[nH]c1=O. The van der Waals surface area contributed by atoms with E-state index in [1.807, 2.05) is 0 Å². The molecule has 0 aromatic carbocycles. The zero-order chi connectivity index (χ0) is 14.2. The van der Waals surface area contributed by atoms with E-state index in [1.165, 1.54) is 12.3 Å². The molecule has 0 radical (unpaired) electrons. The van der Waals surface area contributed by atoms with Crippen molar-refractivity contribution in [1.29, 1.82) is 0 Å². The molecule has 2 aromatic rings. The molecule has 7 heteroatoms. The number of aromatic amines is 1. The Morgan fingerprint density at radius 1 is 1.37 bits per heavy atom. The second kappa shape index (κ2) is 5.19. The van der Waals surface area contributed by atoms with Crippen LogP contribution in [0.4, 0.5) is 0 Å². The average Bonchev–Trinajstić information content (AvgIpc) is 2.26. The molecule has 0 saturated heterocycles. The van der Waals surface area contributed by atoms with E-state index >= 15 is 0 Å². The molecular formula is C12H11Cl2N3O2. The highest BCUT2D eigenvalue weighted by Gasteiger charge is 2.16. The predicted molar refractivity (Wildman–Crippen MR) is 73.9 cm³/mol. The van der Waals surface area contributed by atoms with Gasteiger partial charge in [0.05, 0.1) is 15.6 Å². The molecule has 0 aliphatic rings. The zero-order valence-electron chi connectivity index (χ0n) is 10.2. The molecule has 0 saturated carbocycles. The second-order valence-electron chi connectivity index (χ2n) is 4.29. The molecule has 0 fully saturated rings. The van der Waals surface area contributed by atoms with Crippen molar-refractivity contribution in [2.45, 2.75) is 19.8 Å². The van der Waals surface area contributed by atoms with Crippen LogP contribution in [-0.2, 0) is 0 Å². The lowest BCUT2D eigenvalue weighted by Gasteiger charge is -2.08. The molecule has 0 aliphatic carbocycles. The maximum absolute atomic E-state index is 11.9. The lowest BCUT2D eigenvalue weighted by atomic mass is 10.1. The first-order valence-corrected chi connectivity index (χ1v) is 6.30. The van der Waals surface area contributed by atoms with E-state index in [4.69, 9.17) is 23.2 Å². The summed E-state index contributed by atoms with van der Waals surface area (Å²) in [4.78, 5) is 22.4. The van der Waals surface area contributed by atoms with Crippen LogP contribution in [0.15, 0.2) is 17.1 Å². The Bertz CT molecular complexity index is 683. The minimum atomic E-state index is -0.412. The van der Waals surface area contributed by atoms with Gasteiger partial charge in [-0.3, -0.25) is 4.79 Å². The van der Waals surface area contributed by atoms with Crippen molar-refractivity contribution in [2.24, 2.45) is 0 Å². The summed E-state index contributed by atoms with van der Waals surface area (Å²) in [5.74, 6) is -0.353. The molecule has 0 atom stereocenters. The lowest BCUT2D eigenvalue weighted by Crippen LogP contribution is -2.16. The zero-order valence-corrected chi connectivity index (χ0v) is 11.7. The molecule has 0 bridgehead atoms. The molecule has 2 N–H and O–H groups in total. The monoisotopic (exact) mass is 299 g/mol. The maximum Gasteiger partial charge on any atom is 0.258 e. The molecule has 19 heavy (non-hydrogen) atoms. The fourth-order valence-electron chi connectivity index (χ4n) is 1.69. The second-order valence-corrected chi connectivity index (χ2v) is 5.13. The van der Waals surface area contributed by atoms with Crippen molar-refractivity contribution in [3.05, 3.63) is 38.2 Å². The van der Waals surface area contributed by atoms with Crippen LogP contribution in [0.25, 0.3) is 11.5 Å². The molecular weight excluding hydrogens is 289 g/mol. The molecule has 0 unspecified atom stereocenters. The molecule has 2 rings (SSSR count). The van der Waals surface area contributed by atoms with E-state index in [2.05, 4.69) is 15.0 Å². The van der Waals surface area contributed by atoms with Crippen LogP contribution in [-0.4, -0.2) is 20.1 Å². The van der Waals surface area contributed by atoms with Gasteiger partial charge < -0.3 is 10.1 Å². The Labute approximate surface area is 119 Å². The van der Waals surface area contributed by atoms with Gasteiger partial charge in [0.15, 0.2) is 5.82 Å². The van der Waals surface area contributed by atoms with Gasteiger partial charge in [0.1, 0.15) is 5.69 Å². The Morgan fingerprint density at radius 3 is 2.58 bits per heavy atom. The highest BCUT2D eigenvalue weighted by molar-refractivity contribution is 6.35. The van der Waals surface area contributed by atoms with Crippen LogP contribution in [0.1, 0.15) is 25.3 Å². The number of nitrogens with one attached hydrogen (secondary N) is 1. The molecule has 5 nitrogen and oxygen atoms in total. The normalized spacial score (nSPS) is 11.0. The van der Waals surface area contributed by atoms with Gasteiger partial charge in [0.25, 0.3) is 5.56 Å². The Morgan fingerprint density at radius 2 is 2.05 bits per heavy atom. The summed E-state index contributed by atoms with van der Waals surface area (Å²) in [7, 11) is 0. The van der Waals surface area contributed by atoms with Gasteiger partial charge in [0, 0.05) is 6.20 Å². The number of H-pyrrole nitrogens is 1. The fourth-order valence-corrected chi connectivity index (χ4v) is 2.16. The van der Waals surface area contributed by atoms with E-state index in [1.54, 1.807) is 13.8 Å². The van der Waals surface area contributed by atoms with Crippen LogP contribution >= 0.6 is 23.2 Å². The summed E-state index contributed by atoms with van der Waals surface area (Å²) in [6.07, 6.45) is 1.39. The van der Waals surface area contributed by atoms with E-state index in [-0.39, 0.29) is 33.9 Å². The minimum Gasteiger partial charge on any atom is -0.493 e. The number of hydrogen-bond acceptors (Lipinski definition) is 4. The molecule has 100 valence electrons. The number of aromatic nitrogens is 3. The number of rotatable bonds is 2. The van der Waals surface area contributed by atoms with Crippen LogP contribution < -0.4 is 5.56 Å². The first kappa shape index (κ1) is 13.8. The van der Waals surface area contributed by atoms with Crippen LogP contribution in [0.3, 0.4) is 0 Å². The van der Waals surface area contributed by atoms with Crippen molar-refractivity contribution < 1.29 is 5.11 Å². The van der Waals surface area contributed by atoms with Gasteiger partial charge in [-0.1, -0.05) is 37.0 Å². The summed E-state index contributed by atoms with van der Waals surface area (Å²) in [5, 5.41) is 10.4. The Hall–Kier alpha value is -1.59. The van der Waals surface area contributed by atoms with Crippen LogP contribution in [0, 0.1) is 0 Å². The summed E-state index contributed by atoms with van der Waals surface area (Å²) >= 11 is 11.7. The third-order valence-corrected chi connectivity index (χ3v) is 3.04. The predicted octanol–water partition coefficient (Wildman–Crippen LogP) is 2.97. The van der Waals surface area contributed by atoms with Gasteiger partial charge >= 0.3 is 0 Å². The average molecular weight is 300 g/mol. The van der Waals surface area contributed by atoms with E-state index < -0.39 is 5.56 Å². The van der Waals surface area contributed by atoms with Crippen molar-refractivity contribution >= 4 is 23.2 Å². The maximum atomic E-state index is 11.9. The van der Waals surface area contributed by atoms with Gasteiger partial charge in [0.2, 0.25) is 5.88 Å². The molecule has 0 spiro atoms. The van der Waals surface area contributed by atoms with Gasteiger partial charge in [-0.25, -0.2) is 4.98 Å². The van der Waals surface area contributed by atoms with Gasteiger partial charge in [-0.05, 0) is 12.0 Å². The minimum absolute atomic E-state index is 0.105.